The highest BCUT2D eigenvalue weighted by Crippen LogP contribution is 2.19. The summed E-state index contributed by atoms with van der Waals surface area (Å²) < 4.78 is 39.3. The second-order valence-electron chi connectivity index (χ2n) is 2.47. The summed E-state index contributed by atoms with van der Waals surface area (Å²) in [5, 5.41) is 8.40. The first-order valence-electron chi connectivity index (χ1n) is 3.78. The molecule has 0 aliphatic rings. The molecule has 0 saturated heterocycles. The van der Waals surface area contributed by atoms with Gasteiger partial charge < -0.3 is 9.84 Å². The molecule has 13 heavy (non-hydrogen) atoms. The zero-order chi connectivity index (χ0) is 10.5. The van der Waals surface area contributed by atoms with Gasteiger partial charge in [-0.15, -0.1) is 0 Å². The predicted molar refractivity (Wildman–Crippen MR) is 38.3 cm³/mol. The maximum absolute atomic E-state index is 11.6. The van der Waals surface area contributed by atoms with Crippen molar-refractivity contribution in [1.82, 2.24) is 0 Å². The first kappa shape index (κ1) is 12.2. The molecule has 6 heteroatoms. The van der Waals surface area contributed by atoms with Crippen molar-refractivity contribution in [3.05, 3.63) is 0 Å². The van der Waals surface area contributed by atoms with Crippen LogP contribution in [0.5, 0.6) is 0 Å². The Morgan fingerprint density at radius 2 is 2.08 bits per heavy atom. The van der Waals surface area contributed by atoms with Gasteiger partial charge in [0, 0.05) is 0 Å². The summed E-state index contributed by atoms with van der Waals surface area (Å²) >= 11 is 0. The molecule has 1 atom stereocenters. The van der Waals surface area contributed by atoms with E-state index in [1.165, 1.54) is 6.92 Å². The number of rotatable bonds is 5. The third kappa shape index (κ3) is 6.39. The molecule has 3 nitrogen and oxygen atoms in total. The molecule has 0 amide bonds. The van der Waals surface area contributed by atoms with E-state index in [0.717, 1.165) is 0 Å². The van der Waals surface area contributed by atoms with E-state index >= 15 is 0 Å². The van der Waals surface area contributed by atoms with E-state index in [-0.39, 0.29) is 6.42 Å². The highest BCUT2D eigenvalue weighted by atomic mass is 19.4. The molecular formula is C7H11F3O3. The first-order valence-corrected chi connectivity index (χ1v) is 3.78. The van der Waals surface area contributed by atoms with Crippen molar-refractivity contribution in [2.45, 2.75) is 32.0 Å². The zero-order valence-corrected chi connectivity index (χ0v) is 7.10. The first-order chi connectivity index (χ1) is 5.87. The van der Waals surface area contributed by atoms with Gasteiger partial charge in [0.1, 0.15) is 0 Å². The number of ether oxygens (including phenoxy) is 1. The van der Waals surface area contributed by atoms with Crippen LogP contribution >= 0.6 is 0 Å². The number of carbonyl (C=O) groups is 1. The fraction of sp³-hybridized carbons (Fsp3) is 0.857. The maximum atomic E-state index is 11.6. The zero-order valence-electron chi connectivity index (χ0n) is 7.10. The summed E-state index contributed by atoms with van der Waals surface area (Å²) in [7, 11) is 0. The molecule has 0 aromatic rings. The summed E-state index contributed by atoms with van der Waals surface area (Å²) in [4.78, 5) is 10.3. The van der Waals surface area contributed by atoms with E-state index in [2.05, 4.69) is 4.74 Å². The standard InChI is InChI=1S/C7H11F3O3/c1-2-5(6(11)12)13-4-3-7(8,9)10/h5H,2-4H2,1H3,(H,11,12). The quantitative estimate of drug-likeness (QED) is 0.736. The second kappa shape index (κ2) is 5.06. The lowest BCUT2D eigenvalue weighted by Gasteiger charge is -2.12. The van der Waals surface area contributed by atoms with Gasteiger partial charge in [-0.1, -0.05) is 6.92 Å². The average molecular weight is 200 g/mol. The van der Waals surface area contributed by atoms with Crippen molar-refractivity contribution in [2.75, 3.05) is 6.61 Å². The fourth-order valence-electron chi connectivity index (χ4n) is 0.681. The molecule has 0 bridgehead atoms. The predicted octanol–water partition coefficient (Wildman–Crippen LogP) is 1.82. The molecule has 0 aromatic heterocycles. The number of hydrogen-bond acceptors (Lipinski definition) is 2. The van der Waals surface area contributed by atoms with Gasteiger partial charge in [-0.3, -0.25) is 0 Å². The minimum absolute atomic E-state index is 0.160. The van der Waals surface area contributed by atoms with Crippen LogP contribution in [-0.2, 0) is 9.53 Å². The second-order valence-corrected chi connectivity index (χ2v) is 2.47. The van der Waals surface area contributed by atoms with Crippen LogP contribution in [0.25, 0.3) is 0 Å². The Kier molecular flexibility index (Phi) is 4.76. The van der Waals surface area contributed by atoms with Crippen molar-refractivity contribution in [3.8, 4) is 0 Å². The maximum Gasteiger partial charge on any atom is 0.391 e. The van der Waals surface area contributed by atoms with Gasteiger partial charge in [0.05, 0.1) is 13.0 Å². The highest BCUT2D eigenvalue weighted by Gasteiger charge is 2.27. The van der Waals surface area contributed by atoms with Gasteiger partial charge in [-0.25, -0.2) is 4.79 Å². The molecule has 0 radical (unpaired) electrons. The summed E-state index contributed by atoms with van der Waals surface area (Å²) in [5.74, 6) is -1.23. The Labute approximate surface area is 73.5 Å². The van der Waals surface area contributed by atoms with Crippen LogP contribution in [0.4, 0.5) is 13.2 Å². The number of aliphatic carboxylic acids is 1. The Morgan fingerprint density at radius 1 is 1.54 bits per heavy atom. The molecule has 0 rings (SSSR count). The van der Waals surface area contributed by atoms with Crippen LogP contribution < -0.4 is 0 Å². The van der Waals surface area contributed by atoms with Gasteiger partial charge in [-0.05, 0) is 6.42 Å². The number of hydrogen-bond donors (Lipinski definition) is 1. The van der Waals surface area contributed by atoms with E-state index in [9.17, 15) is 18.0 Å². The molecule has 1 N–H and O–H groups in total. The van der Waals surface area contributed by atoms with Crippen molar-refractivity contribution < 1.29 is 27.8 Å². The van der Waals surface area contributed by atoms with Crippen LogP contribution in [0.1, 0.15) is 19.8 Å². The van der Waals surface area contributed by atoms with Crippen molar-refractivity contribution in [3.63, 3.8) is 0 Å². The summed E-state index contributed by atoms with van der Waals surface area (Å²) in [6.45, 7) is 0.931. The Morgan fingerprint density at radius 3 is 2.38 bits per heavy atom. The minimum atomic E-state index is -4.29. The summed E-state index contributed by atoms with van der Waals surface area (Å²) in [6.07, 6.45) is -6.39. The molecular weight excluding hydrogens is 189 g/mol. The van der Waals surface area contributed by atoms with E-state index < -0.39 is 31.3 Å². The van der Waals surface area contributed by atoms with E-state index in [1.807, 2.05) is 0 Å². The SMILES string of the molecule is CCC(OCCC(F)(F)F)C(=O)O. The van der Waals surface area contributed by atoms with E-state index in [4.69, 9.17) is 5.11 Å². The number of alkyl halides is 3. The number of carboxylic acid groups (broad SMARTS) is 1. The molecule has 0 fully saturated rings. The van der Waals surface area contributed by atoms with Crippen LogP contribution in [0.15, 0.2) is 0 Å². The molecule has 0 aliphatic heterocycles. The Hall–Kier alpha value is -0.780. The van der Waals surface area contributed by atoms with Crippen molar-refractivity contribution in [1.29, 1.82) is 0 Å². The summed E-state index contributed by atoms with van der Waals surface area (Å²) in [6, 6.07) is 0. The van der Waals surface area contributed by atoms with Gasteiger partial charge in [0.25, 0.3) is 0 Å². The van der Waals surface area contributed by atoms with E-state index in [1.54, 1.807) is 0 Å². The van der Waals surface area contributed by atoms with E-state index in [0.29, 0.717) is 0 Å². The molecule has 0 saturated carbocycles. The lowest BCUT2D eigenvalue weighted by Crippen LogP contribution is -2.25. The van der Waals surface area contributed by atoms with Crippen LogP contribution in [0.3, 0.4) is 0 Å². The Bertz CT molecular complexity index is 167. The normalized spacial score (nSPS) is 14.2. The average Bonchev–Trinajstić information content (AvgIpc) is 1.95. The largest absolute Gasteiger partial charge is 0.479 e. The number of halogens is 3. The summed E-state index contributed by atoms with van der Waals surface area (Å²) in [5.41, 5.74) is 0. The van der Waals surface area contributed by atoms with Gasteiger partial charge >= 0.3 is 12.1 Å². The molecule has 0 heterocycles. The third-order valence-corrected chi connectivity index (χ3v) is 1.35. The minimum Gasteiger partial charge on any atom is -0.479 e. The van der Waals surface area contributed by atoms with Gasteiger partial charge in [-0.2, -0.15) is 13.2 Å². The van der Waals surface area contributed by atoms with Crippen molar-refractivity contribution >= 4 is 5.97 Å². The smallest absolute Gasteiger partial charge is 0.391 e. The molecule has 0 aromatic carbocycles. The lowest BCUT2D eigenvalue weighted by atomic mass is 10.3. The highest BCUT2D eigenvalue weighted by molar-refractivity contribution is 5.72. The van der Waals surface area contributed by atoms with Crippen LogP contribution in [0.2, 0.25) is 0 Å². The molecule has 78 valence electrons. The number of carboxylic acids is 1. The molecule has 0 spiro atoms. The lowest BCUT2D eigenvalue weighted by molar-refractivity contribution is -0.163. The molecule has 1 unspecified atom stereocenters. The van der Waals surface area contributed by atoms with Crippen molar-refractivity contribution in [2.24, 2.45) is 0 Å². The topological polar surface area (TPSA) is 46.5 Å². The van der Waals surface area contributed by atoms with Gasteiger partial charge in [0.2, 0.25) is 0 Å². The van der Waals surface area contributed by atoms with Gasteiger partial charge in [0.15, 0.2) is 6.10 Å². The van der Waals surface area contributed by atoms with Crippen LogP contribution in [-0.4, -0.2) is 30.0 Å². The fourth-order valence-corrected chi connectivity index (χ4v) is 0.681. The monoisotopic (exact) mass is 200 g/mol. The molecule has 0 aliphatic carbocycles. The third-order valence-electron chi connectivity index (χ3n) is 1.35. The Balaban J connectivity index is 3.68. The van der Waals surface area contributed by atoms with Crippen LogP contribution in [0, 0.1) is 0 Å².